The first kappa shape index (κ1) is 15.5. The molecule has 0 unspecified atom stereocenters. The summed E-state index contributed by atoms with van der Waals surface area (Å²) in [6.07, 6.45) is 0. The Morgan fingerprint density at radius 1 is 1.10 bits per heavy atom. The standard InChI is InChI=1S/C18H22FNO/c1-18(2,3)15-5-4-6-16(10-15)21-12-14-8-7-13(11-20)9-17(14)19/h4-10H,11-12,20H2,1-3H3. The molecule has 0 atom stereocenters. The molecule has 2 aromatic carbocycles. The molecule has 2 N–H and O–H groups in total. The molecule has 0 aliphatic carbocycles. The zero-order valence-corrected chi connectivity index (χ0v) is 12.8. The summed E-state index contributed by atoms with van der Waals surface area (Å²) in [5, 5.41) is 0. The molecule has 2 rings (SSSR count). The van der Waals surface area contributed by atoms with Crippen LogP contribution >= 0.6 is 0 Å². The van der Waals surface area contributed by atoms with Crippen molar-refractivity contribution in [1.29, 1.82) is 0 Å². The highest BCUT2D eigenvalue weighted by Gasteiger charge is 2.14. The van der Waals surface area contributed by atoms with Crippen molar-refractivity contribution in [3.05, 3.63) is 65.0 Å². The molecule has 2 nitrogen and oxygen atoms in total. The van der Waals surface area contributed by atoms with Crippen LogP contribution < -0.4 is 10.5 Å². The van der Waals surface area contributed by atoms with Gasteiger partial charge in [-0.2, -0.15) is 0 Å². The van der Waals surface area contributed by atoms with E-state index in [9.17, 15) is 4.39 Å². The summed E-state index contributed by atoms with van der Waals surface area (Å²) < 4.78 is 19.6. The van der Waals surface area contributed by atoms with Crippen molar-refractivity contribution in [1.82, 2.24) is 0 Å². The van der Waals surface area contributed by atoms with Gasteiger partial charge in [0.15, 0.2) is 0 Å². The second-order valence-corrected chi connectivity index (χ2v) is 6.20. The van der Waals surface area contributed by atoms with Crippen LogP contribution in [0.25, 0.3) is 0 Å². The van der Waals surface area contributed by atoms with Crippen LogP contribution in [0.3, 0.4) is 0 Å². The summed E-state index contributed by atoms with van der Waals surface area (Å²) in [6, 6.07) is 12.9. The molecule has 0 amide bonds. The number of halogens is 1. The Balaban J connectivity index is 2.10. The summed E-state index contributed by atoms with van der Waals surface area (Å²) in [6.45, 7) is 7.00. The zero-order valence-electron chi connectivity index (χ0n) is 12.8. The fourth-order valence-electron chi connectivity index (χ4n) is 2.05. The van der Waals surface area contributed by atoms with Crippen LogP contribution in [0.5, 0.6) is 5.75 Å². The highest BCUT2D eigenvalue weighted by atomic mass is 19.1. The molecule has 0 spiro atoms. The average molecular weight is 287 g/mol. The molecule has 3 heteroatoms. The maximum atomic E-state index is 13.9. The van der Waals surface area contributed by atoms with Crippen molar-refractivity contribution in [2.45, 2.75) is 39.3 Å². The summed E-state index contributed by atoms with van der Waals surface area (Å²) in [5.74, 6) is 0.481. The molecule has 0 heterocycles. The number of rotatable bonds is 4. The lowest BCUT2D eigenvalue weighted by molar-refractivity contribution is 0.299. The van der Waals surface area contributed by atoms with Crippen LogP contribution in [0.1, 0.15) is 37.5 Å². The van der Waals surface area contributed by atoms with E-state index in [4.69, 9.17) is 10.5 Å². The Morgan fingerprint density at radius 3 is 2.48 bits per heavy atom. The maximum Gasteiger partial charge on any atom is 0.130 e. The quantitative estimate of drug-likeness (QED) is 0.916. The second kappa shape index (κ2) is 6.27. The van der Waals surface area contributed by atoms with E-state index in [1.54, 1.807) is 6.07 Å². The third-order valence-corrected chi connectivity index (χ3v) is 3.45. The number of hydrogen-bond acceptors (Lipinski definition) is 2. The zero-order chi connectivity index (χ0) is 15.5. The topological polar surface area (TPSA) is 35.2 Å². The first-order valence-corrected chi connectivity index (χ1v) is 7.11. The van der Waals surface area contributed by atoms with Crippen molar-refractivity contribution in [2.75, 3.05) is 0 Å². The van der Waals surface area contributed by atoms with E-state index in [1.165, 1.54) is 11.6 Å². The van der Waals surface area contributed by atoms with Crippen molar-refractivity contribution >= 4 is 0 Å². The van der Waals surface area contributed by atoms with Gasteiger partial charge in [0.25, 0.3) is 0 Å². The van der Waals surface area contributed by atoms with Crippen molar-refractivity contribution < 1.29 is 9.13 Å². The lowest BCUT2D eigenvalue weighted by Crippen LogP contribution is -2.11. The third-order valence-electron chi connectivity index (χ3n) is 3.45. The monoisotopic (exact) mass is 287 g/mol. The van der Waals surface area contributed by atoms with Gasteiger partial charge in [-0.1, -0.05) is 45.0 Å². The predicted molar refractivity (Wildman–Crippen MR) is 83.8 cm³/mol. The van der Waals surface area contributed by atoms with Crippen LogP contribution in [0.4, 0.5) is 4.39 Å². The molecule has 112 valence electrons. The molecule has 0 bridgehead atoms. The number of nitrogens with two attached hydrogens (primary N) is 1. The molecule has 0 saturated heterocycles. The first-order valence-electron chi connectivity index (χ1n) is 7.11. The molecule has 0 aliphatic rings. The van der Waals surface area contributed by atoms with E-state index in [-0.39, 0.29) is 17.8 Å². The predicted octanol–water partition coefficient (Wildman–Crippen LogP) is 4.16. The first-order chi connectivity index (χ1) is 9.90. The lowest BCUT2D eigenvalue weighted by atomic mass is 9.87. The molecule has 0 fully saturated rings. The maximum absolute atomic E-state index is 13.9. The molecular formula is C18H22FNO. The molecule has 21 heavy (non-hydrogen) atoms. The van der Waals surface area contributed by atoms with Gasteiger partial charge in [0.1, 0.15) is 18.2 Å². The van der Waals surface area contributed by atoms with E-state index >= 15 is 0 Å². The van der Waals surface area contributed by atoms with Gasteiger partial charge < -0.3 is 10.5 Å². The number of hydrogen-bond donors (Lipinski definition) is 1. The van der Waals surface area contributed by atoms with Crippen LogP contribution in [0.15, 0.2) is 42.5 Å². The van der Waals surface area contributed by atoms with E-state index in [0.29, 0.717) is 12.1 Å². The van der Waals surface area contributed by atoms with Gasteiger partial charge in [0.2, 0.25) is 0 Å². The van der Waals surface area contributed by atoms with Gasteiger partial charge in [-0.15, -0.1) is 0 Å². The van der Waals surface area contributed by atoms with Crippen molar-refractivity contribution in [3.63, 3.8) is 0 Å². The Bertz CT molecular complexity index is 617. The van der Waals surface area contributed by atoms with Gasteiger partial charge in [0, 0.05) is 12.1 Å². The molecule has 0 saturated carbocycles. The third kappa shape index (κ3) is 4.05. The summed E-state index contributed by atoms with van der Waals surface area (Å²) in [5.41, 5.74) is 8.07. The van der Waals surface area contributed by atoms with E-state index in [0.717, 1.165) is 11.3 Å². The van der Waals surface area contributed by atoms with E-state index in [2.05, 4.69) is 26.8 Å². The fourth-order valence-corrected chi connectivity index (χ4v) is 2.05. The summed E-state index contributed by atoms with van der Waals surface area (Å²) in [4.78, 5) is 0. The normalized spacial score (nSPS) is 11.5. The SMILES string of the molecule is CC(C)(C)c1cccc(OCc2ccc(CN)cc2F)c1. The summed E-state index contributed by atoms with van der Waals surface area (Å²) in [7, 11) is 0. The van der Waals surface area contributed by atoms with Gasteiger partial charge >= 0.3 is 0 Å². The molecule has 0 aliphatic heterocycles. The Labute approximate surface area is 125 Å². The Hall–Kier alpha value is -1.87. The fraction of sp³-hybridized carbons (Fsp3) is 0.333. The van der Waals surface area contributed by atoms with Crippen LogP contribution in [0.2, 0.25) is 0 Å². The number of ether oxygens (including phenoxy) is 1. The van der Waals surface area contributed by atoms with Crippen LogP contribution in [-0.4, -0.2) is 0 Å². The minimum absolute atomic E-state index is 0.0629. The summed E-state index contributed by atoms with van der Waals surface area (Å²) >= 11 is 0. The van der Waals surface area contributed by atoms with Crippen LogP contribution in [-0.2, 0) is 18.6 Å². The molecular weight excluding hydrogens is 265 g/mol. The minimum Gasteiger partial charge on any atom is -0.489 e. The highest BCUT2D eigenvalue weighted by molar-refractivity contribution is 5.33. The van der Waals surface area contributed by atoms with Gasteiger partial charge in [-0.05, 0) is 34.7 Å². The van der Waals surface area contributed by atoms with Crippen molar-refractivity contribution in [3.8, 4) is 5.75 Å². The molecule has 0 radical (unpaired) electrons. The van der Waals surface area contributed by atoms with Gasteiger partial charge in [-0.25, -0.2) is 4.39 Å². The van der Waals surface area contributed by atoms with E-state index < -0.39 is 0 Å². The molecule has 0 aromatic heterocycles. The minimum atomic E-state index is -0.273. The lowest BCUT2D eigenvalue weighted by Gasteiger charge is -2.19. The van der Waals surface area contributed by atoms with Crippen LogP contribution in [0, 0.1) is 5.82 Å². The smallest absolute Gasteiger partial charge is 0.130 e. The Kier molecular flexibility index (Phi) is 4.63. The van der Waals surface area contributed by atoms with E-state index in [1.807, 2.05) is 24.3 Å². The Morgan fingerprint density at radius 2 is 1.86 bits per heavy atom. The number of benzene rings is 2. The molecule has 2 aromatic rings. The van der Waals surface area contributed by atoms with Gasteiger partial charge in [-0.3, -0.25) is 0 Å². The largest absolute Gasteiger partial charge is 0.489 e. The second-order valence-electron chi connectivity index (χ2n) is 6.20. The highest BCUT2D eigenvalue weighted by Crippen LogP contribution is 2.26. The van der Waals surface area contributed by atoms with Crippen molar-refractivity contribution in [2.24, 2.45) is 5.73 Å². The van der Waals surface area contributed by atoms with Gasteiger partial charge in [0.05, 0.1) is 0 Å². The average Bonchev–Trinajstić information content (AvgIpc) is 2.45.